The Bertz CT molecular complexity index is 219. The third-order valence-corrected chi connectivity index (χ3v) is 2.35. The molecule has 0 unspecified atom stereocenters. The third kappa shape index (κ3) is 1.22. The molecule has 1 aliphatic carbocycles. The number of hydrogen-bond donors (Lipinski definition) is 0. The molecule has 1 aliphatic rings. The van der Waals surface area contributed by atoms with Crippen molar-refractivity contribution in [3.8, 4) is 0 Å². The quantitative estimate of drug-likeness (QED) is 0.548. The molecule has 9 heavy (non-hydrogen) atoms. The molecule has 2 rings (SSSR count). The molecule has 0 saturated heterocycles. The molecule has 0 nitrogen and oxygen atoms in total. The Morgan fingerprint density at radius 1 is 1.56 bits per heavy atom. The molecule has 46 valence electrons. The van der Waals surface area contributed by atoms with Crippen molar-refractivity contribution < 1.29 is 0 Å². The van der Waals surface area contributed by atoms with Crippen LogP contribution in [-0.2, 0) is 6.42 Å². The van der Waals surface area contributed by atoms with Crippen molar-refractivity contribution in [2.75, 3.05) is 0 Å². The zero-order valence-corrected chi connectivity index (χ0v) is 5.95. The first-order valence-electron chi connectivity index (χ1n) is 3.15. The Balaban J connectivity index is 2.07. The summed E-state index contributed by atoms with van der Waals surface area (Å²) in [7, 11) is 0. The highest BCUT2D eigenvalue weighted by Crippen LogP contribution is 2.24. The molecule has 0 aromatic carbocycles. The molecular formula is C8H8S. The van der Waals surface area contributed by atoms with Crippen LogP contribution in [0.25, 0.3) is 0 Å². The van der Waals surface area contributed by atoms with E-state index in [0.717, 1.165) is 0 Å². The van der Waals surface area contributed by atoms with Crippen molar-refractivity contribution >= 4 is 11.3 Å². The summed E-state index contributed by atoms with van der Waals surface area (Å²) in [5.41, 5.74) is 1.61. The topological polar surface area (TPSA) is 0 Å². The normalized spacial score (nSPS) is 15.3. The van der Waals surface area contributed by atoms with Crippen molar-refractivity contribution in [1.82, 2.24) is 0 Å². The Morgan fingerprint density at radius 3 is 3.00 bits per heavy atom. The Morgan fingerprint density at radius 2 is 2.44 bits per heavy atom. The van der Waals surface area contributed by atoms with Crippen LogP contribution in [-0.4, -0.2) is 0 Å². The number of hydrogen-bond acceptors (Lipinski definition) is 1. The maximum atomic E-state index is 2.29. The first-order valence-corrected chi connectivity index (χ1v) is 4.03. The molecule has 0 fully saturated rings. The standard InChI is InChI=1S/C8H8S/c1-2-8(9-5-1)6-7-3-4-7/h1-3,5H,4,6H2. The average Bonchev–Trinajstić information content (AvgIpc) is 2.46. The lowest BCUT2D eigenvalue weighted by atomic mass is 10.3. The predicted molar refractivity (Wildman–Crippen MR) is 40.7 cm³/mol. The van der Waals surface area contributed by atoms with Gasteiger partial charge in [0, 0.05) is 11.3 Å². The van der Waals surface area contributed by atoms with E-state index in [0.29, 0.717) is 0 Å². The van der Waals surface area contributed by atoms with E-state index >= 15 is 0 Å². The first-order chi connectivity index (χ1) is 4.45. The van der Waals surface area contributed by atoms with E-state index in [2.05, 4.69) is 23.6 Å². The van der Waals surface area contributed by atoms with E-state index in [1.54, 1.807) is 5.57 Å². The van der Waals surface area contributed by atoms with Gasteiger partial charge in [-0.3, -0.25) is 0 Å². The molecule has 0 radical (unpaired) electrons. The highest BCUT2D eigenvalue weighted by molar-refractivity contribution is 7.09. The van der Waals surface area contributed by atoms with Gasteiger partial charge in [0.15, 0.2) is 0 Å². The number of thiophene rings is 1. The van der Waals surface area contributed by atoms with Crippen molar-refractivity contribution in [2.45, 2.75) is 12.8 Å². The molecule has 1 heterocycles. The molecule has 0 spiro atoms. The van der Waals surface area contributed by atoms with Crippen LogP contribution in [0.4, 0.5) is 0 Å². The number of rotatable bonds is 2. The molecule has 0 bridgehead atoms. The highest BCUT2D eigenvalue weighted by atomic mass is 32.1. The molecule has 1 aromatic rings. The molecule has 0 amide bonds. The van der Waals surface area contributed by atoms with Crippen LogP contribution in [0, 0.1) is 0 Å². The first kappa shape index (κ1) is 5.24. The fraction of sp³-hybridized carbons (Fsp3) is 0.250. The number of allylic oxidation sites excluding steroid dienone is 2. The Hall–Kier alpha value is -0.560. The minimum Gasteiger partial charge on any atom is -0.149 e. The largest absolute Gasteiger partial charge is 0.149 e. The van der Waals surface area contributed by atoms with Crippen LogP contribution in [0.2, 0.25) is 0 Å². The monoisotopic (exact) mass is 136 g/mol. The SMILES string of the molecule is C1=C(Cc2cccs2)C1. The summed E-state index contributed by atoms with van der Waals surface area (Å²) in [6.07, 6.45) is 4.76. The van der Waals surface area contributed by atoms with Gasteiger partial charge in [-0.25, -0.2) is 0 Å². The van der Waals surface area contributed by atoms with Crippen LogP contribution < -0.4 is 0 Å². The summed E-state index contributed by atoms with van der Waals surface area (Å²) < 4.78 is 0. The van der Waals surface area contributed by atoms with Gasteiger partial charge in [0.1, 0.15) is 0 Å². The van der Waals surface area contributed by atoms with Gasteiger partial charge in [-0.2, -0.15) is 0 Å². The fourth-order valence-corrected chi connectivity index (χ4v) is 1.61. The van der Waals surface area contributed by atoms with E-state index in [9.17, 15) is 0 Å². The van der Waals surface area contributed by atoms with Crippen LogP contribution >= 0.6 is 11.3 Å². The van der Waals surface area contributed by atoms with Gasteiger partial charge in [-0.05, 0) is 17.9 Å². The predicted octanol–water partition coefficient (Wildman–Crippen LogP) is 2.62. The fourth-order valence-electron chi connectivity index (χ4n) is 0.853. The van der Waals surface area contributed by atoms with E-state index in [-0.39, 0.29) is 0 Å². The summed E-state index contributed by atoms with van der Waals surface area (Å²) in [6, 6.07) is 4.31. The molecule has 0 aliphatic heterocycles. The second kappa shape index (κ2) is 1.99. The third-order valence-electron chi connectivity index (χ3n) is 1.47. The van der Waals surface area contributed by atoms with E-state index < -0.39 is 0 Å². The van der Waals surface area contributed by atoms with Crippen molar-refractivity contribution in [3.05, 3.63) is 34.0 Å². The minimum absolute atomic E-state index is 1.21. The second-order valence-electron chi connectivity index (χ2n) is 2.32. The summed E-state index contributed by atoms with van der Waals surface area (Å²) >= 11 is 1.85. The second-order valence-corrected chi connectivity index (χ2v) is 3.35. The molecule has 0 atom stereocenters. The molecular weight excluding hydrogens is 128 g/mol. The van der Waals surface area contributed by atoms with Gasteiger partial charge in [0.25, 0.3) is 0 Å². The lowest BCUT2D eigenvalue weighted by Crippen LogP contribution is -1.71. The highest BCUT2D eigenvalue weighted by Gasteiger charge is 2.07. The summed E-state index contributed by atoms with van der Waals surface area (Å²) in [6.45, 7) is 0. The van der Waals surface area contributed by atoms with Gasteiger partial charge >= 0.3 is 0 Å². The van der Waals surface area contributed by atoms with Crippen molar-refractivity contribution in [3.63, 3.8) is 0 Å². The van der Waals surface area contributed by atoms with Crippen LogP contribution in [0.15, 0.2) is 29.2 Å². The Kier molecular flexibility index (Phi) is 1.16. The molecule has 1 aromatic heterocycles. The molecule has 0 N–H and O–H groups in total. The zero-order chi connectivity index (χ0) is 6.10. The van der Waals surface area contributed by atoms with E-state index in [1.807, 2.05) is 11.3 Å². The van der Waals surface area contributed by atoms with E-state index in [1.165, 1.54) is 17.7 Å². The summed E-state index contributed by atoms with van der Waals surface area (Å²) in [5.74, 6) is 0. The maximum Gasteiger partial charge on any atom is 0.00857 e. The van der Waals surface area contributed by atoms with Gasteiger partial charge < -0.3 is 0 Å². The summed E-state index contributed by atoms with van der Waals surface area (Å²) in [4.78, 5) is 1.50. The van der Waals surface area contributed by atoms with Crippen LogP contribution in [0.3, 0.4) is 0 Å². The molecule has 1 heteroatoms. The Labute approximate surface area is 58.8 Å². The van der Waals surface area contributed by atoms with Gasteiger partial charge in [0.05, 0.1) is 0 Å². The van der Waals surface area contributed by atoms with Crippen LogP contribution in [0.5, 0.6) is 0 Å². The summed E-state index contributed by atoms with van der Waals surface area (Å²) in [5, 5.41) is 2.14. The molecule has 0 saturated carbocycles. The zero-order valence-electron chi connectivity index (χ0n) is 5.13. The van der Waals surface area contributed by atoms with Gasteiger partial charge in [-0.1, -0.05) is 17.7 Å². The average molecular weight is 136 g/mol. The van der Waals surface area contributed by atoms with Crippen LogP contribution in [0.1, 0.15) is 11.3 Å². The van der Waals surface area contributed by atoms with Gasteiger partial charge in [-0.15, -0.1) is 11.3 Å². The smallest absolute Gasteiger partial charge is 0.00857 e. The van der Waals surface area contributed by atoms with E-state index in [4.69, 9.17) is 0 Å². The van der Waals surface area contributed by atoms with Crippen molar-refractivity contribution in [2.24, 2.45) is 0 Å². The van der Waals surface area contributed by atoms with Crippen molar-refractivity contribution in [1.29, 1.82) is 0 Å². The lowest BCUT2D eigenvalue weighted by Gasteiger charge is -1.85. The van der Waals surface area contributed by atoms with Gasteiger partial charge in [0.2, 0.25) is 0 Å². The maximum absolute atomic E-state index is 2.29. The minimum atomic E-state index is 1.21. The lowest BCUT2D eigenvalue weighted by molar-refractivity contribution is 1.24.